The van der Waals surface area contributed by atoms with Gasteiger partial charge in [-0.3, -0.25) is 9.69 Å². The molecule has 0 radical (unpaired) electrons. The van der Waals surface area contributed by atoms with E-state index in [4.69, 9.17) is 5.11 Å². The maximum Gasteiger partial charge on any atom is 0.242 e. The summed E-state index contributed by atoms with van der Waals surface area (Å²) in [6.45, 7) is 1.74. The number of rotatable bonds is 1. The van der Waals surface area contributed by atoms with Gasteiger partial charge in [0.1, 0.15) is 11.6 Å². The Hall–Kier alpha value is -1.62. The number of nitrogens with one attached hydrogen (secondary N) is 1. The van der Waals surface area contributed by atoms with Gasteiger partial charge in [-0.25, -0.2) is 4.98 Å². The number of carbonyl (C=O) groups excluding carboxylic acids is 1. The van der Waals surface area contributed by atoms with Crippen LogP contribution in [0.1, 0.15) is 0 Å². The number of nitrogens with zero attached hydrogens (tertiary/aromatic N) is 2. The Morgan fingerprint density at radius 1 is 1.50 bits per heavy atom. The van der Waals surface area contributed by atoms with Gasteiger partial charge >= 0.3 is 0 Å². The number of aromatic nitrogens is 1. The van der Waals surface area contributed by atoms with Gasteiger partial charge in [-0.2, -0.15) is 0 Å². The van der Waals surface area contributed by atoms with Crippen molar-refractivity contribution in [2.24, 2.45) is 0 Å². The summed E-state index contributed by atoms with van der Waals surface area (Å²) >= 11 is 0. The van der Waals surface area contributed by atoms with Crippen molar-refractivity contribution in [3.8, 4) is 5.75 Å². The van der Waals surface area contributed by atoms with Crippen molar-refractivity contribution < 1.29 is 9.90 Å². The van der Waals surface area contributed by atoms with Crippen LogP contribution in [0.15, 0.2) is 18.3 Å². The summed E-state index contributed by atoms with van der Waals surface area (Å²) in [7, 11) is 0. The lowest BCUT2D eigenvalue weighted by Gasteiger charge is -2.26. The van der Waals surface area contributed by atoms with Gasteiger partial charge in [0.25, 0.3) is 0 Å². The molecule has 74 valence electrons. The van der Waals surface area contributed by atoms with Gasteiger partial charge in [-0.15, -0.1) is 0 Å². The van der Waals surface area contributed by atoms with Gasteiger partial charge in [0, 0.05) is 13.1 Å². The summed E-state index contributed by atoms with van der Waals surface area (Å²) < 4.78 is 0. The molecule has 1 amide bonds. The van der Waals surface area contributed by atoms with Crippen LogP contribution in [-0.2, 0) is 4.79 Å². The van der Waals surface area contributed by atoms with Crippen LogP contribution in [-0.4, -0.2) is 35.6 Å². The Balaban J connectivity index is 2.20. The van der Waals surface area contributed by atoms with Crippen LogP contribution in [0.25, 0.3) is 0 Å². The van der Waals surface area contributed by atoms with Crippen molar-refractivity contribution in [2.75, 3.05) is 24.5 Å². The molecular formula is C9H11N3O2. The largest absolute Gasteiger partial charge is 0.506 e. The molecule has 0 atom stereocenters. The molecule has 1 aromatic rings. The van der Waals surface area contributed by atoms with Crippen LogP contribution in [0.3, 0.4) is 0 Å². The van der Waals surface area contributed by atoms with E-state index in [-0.39, 0.29) is 11.7 Å². The van der Waals surface area contributed by atoms with Crippen molar-refractivity contribution in [3.63, 3.8) is 0 Å². The highest BCUT2D eigenvalue weighted by atomic mass is 16.3. The molecule has 1 fully saturated rings. The third kappa shape index (κ3) is 1.67. The van der Waals surface area contributed by atoms with Gasteiger partial charge in [-0.05, 0) is 12.1 Å². The van der Waals surface area contributed by atoms with E-state index < -0.39 is 0 Å². The van der Waals surface area contributed by atoms with Crippen LogP contribution in [0.4, 0.5) is 5.82 Å². The first kappa shape index (κ1) is 8.96. The quantitative estimate of drug-likeness (QED) is 0.644. The van der Waals surface area contributed by atoms with E-state index in [9.17, 15) is 4.79 Å². The minimum absolute atomic E-state index is 0.00874. The lowest BCUT2D eigenvalue weighted by atomic mass is 10.3. The molecule has 2 N–H and O–H groups in total. The van der Waals surface area contributed by atoms with Crippen molar-refractivity contribution in [2.45, 2.75) is 0 Å². The van der Waals surface area contributed by atoms with Crippen LogP contribution < -0.4 is 10.2 Å². The average molecular weight is 193 g/mol. The highest BCUT2D eigenvalue weighted by molar-refractivity contribution is 5.94. The van der Waals surface area contributed by atoms with E-state index in [2.05, 4.69) is 10.3 Å². The molecule has 0 unspecified atom stereocenters. The van der Waals surface area contributed by atoms with E-state index in [1.807, 2.05) is 0 Å². The van der Waals surface area contributed by atoms with Gasteiger partial charge < -0.3 is 10.4 Å². The molecule has 1 saturated heterocycles. The number of carbonyl (C=O) groups is 1. The summed E-state index contributed by atoms with van der Waals surface area (Å²) in [5.74, 6) is 0.708. The zero-order chi connectivity index (χ0) is 9.97. The predicted octanol–water partition coefficient (Wildman–Crippen LogP) is -0.277. The Bertz CT molecular complexity index is 336. The topological polar surface area (TPSA) is 65.5 Å². The number of piperazine rings is 1. The summed E-state index contributed by atoms with van der Waals surface area (Å²) in [5.41, 5.74) is 0. The fourth-order valence-corrected chi connectivity index (χ4v) is 1.39. The zero-order valence-electron chi connectivity index (χ0n) is 7.60. The molecule has 1 aliphatic heterocycles. The molecule has 0 aliphatic carbocycles. The molecule has 2 rings (SSSR count). The maximum absolute atomic E-state index is 11.4. The van der Waals surface area contributed by atoms with Gasteiger partial charge in [0.05, 0.1) is 12.7 Å². The SMILES string of the molecule is O=C1CNCCN1c1ccc(O)cn1. The summed E-state index contributed by atoms with van der Waals surface area (Å²) in [6.07, 6.45) is 1.34. The van der Waals surface area contributed by atoms with E-state index in [1.165, 1.54) is 12.3 Å². The molecule has 0 bridgehead atoms. The van der Waals surface area contributed by atoms with Crippen LogP contribution in [0.2, 0.25) is 0 Å². The number of aromatic hydroxyl groups is 1. The number of anilines is 1. The van der Waals surface area contributed by atoms with Crippen molar-refractivity contribution in [3.05, 3.63) is 18.3 Å². The smallest absolute Gasteiger partial charge is 0.242 e. The lowest BCUT2D eigenvalue weighted by molar-refractivity contribution is -0.118. The van der Waals surface area contributed by atoms with Gasteiger partial charge in [0.2, 0.25) is 5.91 Å². The Kier molecular flexibility index (Phi) is 2.32. The van der Waals surface area contributed by atoms with E-state index in [0.717, 1.165) is 6.54 Å². The summed E-state index contributed by atoms with van der Waals surface area (Å²) in [5, 5.41) is 12.0. The monoisotopic (exact) mass is 193 g/mol. The zero-order valence-corrected chi connectivity index (χ0v) is 7.60. The van der Waals surface area contributed by atoms with E-state index in [0.29, 0.717) is 18.9 Å². The highest BCUT2D eigenvalue weighted by Crippen LogP contribution is 2.15. The van der Waals surface area contributed by atoms with E-state index in [1.54, 1.807) is 11.0 Å². The second-order valence-corrected chi connectivity index (χ2v) is 3.10. The Labute approximate surface area is 81.4 Å². The number of amides is 1. The van der Waals surface area contributed by atoms with Gasteiger partial charge in [0.15, 0.2) is 0 Å². The molecule has 5 nitrogen and oxygen atoms in total. The normalized spacial score (nSPS) is 17.1. The van der Waals surface area contributed by atoms with Crippen LogP contribution in [0, 0.1) is 0 Å². The average Bonchev–Trinajstić information content (AvgIpc) is 2.20. The second-order valence-electron chi connectivity index (χ2n) is 3.10. The third-order valence-electron chi connectivity index (χ3n) is 2.10. The minimum Gasteiger partial charge on any atom is -0.506 e. The van der Waals surface area contributed by atoms with Crippen molar-refractivity contribution in [1.29, 1.82) is 0 Å². The van der Waals surface area contributed by atoms with Crippen LogP contribution >= 0.6 is 0 Å². The fraction of sp³-hybridized carbons (Fsp3) is 0.333. The molecule has 5 heteroatoms. The Morgan fingerprint density at radius 3 is 3.00 bits per heavy atom. The third-order valence-corrected chi connectivity index (χ3v) is 2.10. The molecule has 14 heavy (non-hydrogen) atoms. The van der Waals surface area contributed by atoms with Gasteiger partial charge in [-0.1, -0.05) is 0 Å². The maximum atomic E-state index is 11.4. The molecule has 1 aromatic heterocycles. The molecule has 1 aliphatic rings. The molecule has 0 saturated carbocycles. The van der Waals surface area contributed by atoms with E-state index >= 15 is 0 Å². The summed E-state index contributed by atoms with van der Waals surface area (Å²) in [6, 6.07) is 3.16. The standard InChI is InChI=1S/C9H11N3O2/c13-7-1-2-8(11-5-7)12-4-3-10-6-9(12)14/h1-2,5,10,13H,3-4,6H2. The number of hydrogen-bond donors (Lipinski definition) is 2. The van der Waals surface area contributed by atoms with Crippen LogP contribution in [0.5, 0.6) is 5.75 Å². The second kappa shape index (κ2) is 3.63. The number of pyridine rings is 1. The highest BCUT2D eigenvalue weighted by Gasteiger charge is 2.19. The molecular weight excluding hydrogens is 182 g/mol. The first-order valence-corrected chi connectivity index (χ1v) is 4.43. The molecule has 0 spiro atoms. The number of hydrogen-bond acceptors (Lipinski definition) is 4. The Morgan fingerprint density at radius 2 is 2.36 bits per heavy atom. The first-order chi connectivity index (χ1) is 6.77. The molecule has 2 heterocycles. The minimum atomic E-state index is 0.00874. The first-order valence-electron chi connectivity index (χ1n) is 4.43. The fourth-order valence-electron chi connectivity index (χ4n) is 1.39. The summed E-state index contributed by atoms with van der Waals surface area (Å²) in [4.78, 5) is 17.0. The lowest BCUT2D eigenvalue weighted by Crippen LogP contribution is -2.48. The van der Waals surface area contributed by atoms with Crippen molar-refractivity contribution >= 4 is 11.7 Å². The van der Waals surface area contributed by atoms with Crippen molar-refractivity contribution in [1.82, 2.24) is 10.3 Å². The molecule has 0 aromatic carbocycles. The predicted molar refractivity (Wildman–Crippen MR) is 51.1 cm³/mol.